The maximum Gasteiger partial charge on any atom is 0.344 e. The van der Waals surface area contributed by atoms with Gasteiger partial charge >= 0.3 is 5.97 Å². The summed E-state index contributed by atoms with van der Waals surface area (Å²) < 4.78 is 136. The second kappa shape index (κ2) is 8.59. The molecule has 0 aliphatic carbocycles. The van der Waals surface area contributed by atoms with Crippen molar-refractivity contribution in [3.63, 3.8) is 0 Å². The Morgan fingerprint density at radius 3 is 1.30 bits per heavy atom. The molecule has 0 heterocycles. The summed E-state index contributed by atoms with van der Waals surface area (Å²) in [6.45, 7) is -1.95. The molecule has 2 aromatic carbocycles. The summed E-state index contributed by atoms with van der Waals surface area (Å²) in [6.07, 6.45) is 0. The summed E-state index contributed by atoms with van der Waals surface area (Å²) in [7, 11) is 0. The van der Waals surface area contributed by atoms with Crippen LogP contribution in [-0.4, -0.2) is 25.0 Å². The van der Waals surface area contributed by atoms with Crippen molar-refractivity contribution >= 4 is 11.9 Å². The molecule has 0 unspecified atom stereocenters. The number of carbonyl (C=O) groups excluding carboxylic acids is 2. The molecule has 14 heteroatoms. The Morgan fingerprint density at radius 2 is 0.900 bits per heavy atom. The van der Waals surface area contributed by atoms with Crippen LogP contribution in [0.25, 0.3) is 0 Å². The topological polar surface area (TPSA) is 55.4 Å². The number of amides is 1. The fourth-order valence-corrected chi connectivity index (χ4v) is 2.06. The van der Waals surface area contributed by atoms with Crippen LogP contribution in [0.5, 0.6) is 0 Å². The molecule has 1 N–H and O–H groups in total. The molecule has 0 atom stereocenters. The molecule has 0 aromatic heterocycles. The van der Waals surface area contributed by atoms with Crippen LogP contribution < -0.4 is 5.32 Å². The molecule has 0 aliphatic heterocycles. The lowest BCUT2D eigenvalue weighted by Crippen LogP contribution is -2.30. The molecule has 0 aliphatic rings. The van der Waals surface area contributed by atoms with Crippen molar-refractivity contribution in [3.05, 3.63) is 69.3 Å². The zero-order chi connectivity index (χ0) is 22.9. The molecule has 162 valence electrons. The number of carbonyl (C=O) groups is 2. The maximum absolute atomic E-state index is 13.5. The van der Waals surface area contributed by atoms with E-state index in [9.17, 15) is 53.5 Å². The average Bonchev–Trinajstić information content (AvgIpc) is 2.71. The van der Waals surface area contributed by atoms with Gasteiger partial charge < -0.3 is 10.1 Å². The van der Waals surface area contributed by atoms with E-state index in [0.29, 0.717) is 0 Å². The largest absolute Gasteiger partial charge is 0.460 e. The summed E-state index contributed by atoms with van der Waals surface area (Å²) in [5.74, 6) is -28.5. The molecule has 0 fully saturated rings. The number of nitrogens with one attached hydrogen (secondary N) is 1. The lowest BCUT2D eigenvalue weighted by Gasteiger charge is -2.10. The quantitative estimate of drug-likeness (QED) is 0.249. The van der Waals surface area contributed by atoms with E-state index < -0.39 is 94.3 Å². The van der Waals surface area contributed by atoms with Gasteiger partial charge in [0.25, 0.3) is 5.91 Å². The van der Waals surface area contributed by atoms with Crippen LogP contribution in [0.1, 0.15) is 20.7 Å². The Bertz CT molecular complexity index is 915. The molecule has 0 bridgehead atoms. The van der Waals surface area contributed by atoms with Gasteiger partial charge in [0.05, 0.1) is 6.54 Å². The maximum atomic E-state index is 13.5. The number of hydrogen-bond donors (Lipinski definition) is 1. The van der Waals surface area contributed by atoms with E-state index in [-0.39, 0.29) is 0 Å². The van der Waals surface area contributed by atoms with Crippen molar-refractivity contribution in [2.24, 2.45) is 0 Å². The van der Waals surface area contributed by atoms with Crippen LogP contribution in [0.4, 0.5) is 43.9 Å². The standard InChI is InChI=1S/C16H5F10NO3/c17-5-3(6(18)10(22)13(25)9(5)21)15(28)27-1-2-30-16(29)4-7(19)11(23)14(26)12(24)8(4)20/h1-2H2,(H,27,28). The van der Waals surface area contributed by atoms with Gasteiger partial charge in [0.1, 0.15) is 17.7 Å². The Balaban J connectivity index is 2.08. The molecular formula is C16H5F10NO3. The zero-order valence-corrected chi connectivity index (χ0v) is 13.9. The first-order valence-electron chi connectivity index (χ1n) is 7.39. The number of rotatable bonds is 5. The van der Waals surface area contributed by atoms with E-state index in [1.54, 1.807) is 5.32 Å². The normalized spacial score (nSPS) is 10.9. The molecule has 0 spiro atoms. The molecule has 4 nitrogen and oxygen atoms in total. The highest BCUT2D eigenvalue weighted by Gasteiger charge is 2.31. The highest BCUT2D eigenvalue weighted by atomic mass is 19.2. The van der Waals surface area contributed by atoms with Crippen LogP contribution in [0.2, 0.25) is 0 Å². The lowest BCUT2D eigenvalue weighted by molar-refractivity contribution is 0.0488. The lowest BCUT2D eigenvalue weighted by atomic mass is 10.1. The monoisotopic (exact) mass is 449 g/mol. The smallest absolute Gasteiger partial charge is 0.344 e. The number of hydrogen-bond acceptors (Lipinski definition) is 3. The molecule has 2 aromatic rings. The van der Waals surface area contributed by atoms with Gasteiger partial charge in [-0.1, -0.05) is 0 Å². The molecule has 2 rings (SSSR count). The minimum Gasteiger partial charge on any atom is -0.460 e. The number of ether oxygens (including phenoxy) is 1. The number of benzene rings is 2. The van der Waals surface area contributed by atoms with Gasteiger partial charge in [-0.15, -0.1) is 0 Å². The second-order valence-electron chi connectivity index (χ2n) is 5.28. The van der Waals surface area contributed by atoms with Crippen LogP contribution in [0.3, 0.4) is 0 Å². The van der Waals surface area contributed by atoms with Crippen molar-refractivity contribution in [1.82, 2.24) is 5.32 Å². The number of halogens is 10. The summed E-state index contributed by atoms with van der Waals surface area (Å²) in [6, 6.07) is 0. The first kappa shape index (κ1) is 23.0. The van der Waals surface area contributed by atoms with E-state index in [4.69, 9.17) is 0 Å². The molecular weight excluding hydrogens is 444 g/mol. The summed E-state index contributed by atoms with van der Waals surface area (Å²) in [5, 5.41) is 1.57. The Labute approximate surface area is 159 Å². The van der Waals surface area contributed by atoms with Gasteiger partial charge in [-0.05, 0) is 0 Å². The third-order valence-electron chi connectivity index (χ3n) is 3.47. The Kier molecular flexibility index (Phi) is 6.57. The van der Waals surface area contributed by atoms with Crippen molar-refractivity contribution in [3.8, 4) is 0 Å². The van der Waals surface area contributed by atoms with Gasteiger partial charge in [-0.3, -0.25) is 4.79 Å². The van der Waals surface area contributed by atoms with Gasteiger partial charge in [0.15, 0.2) is 46.5 Å². The van der Waals surface area contributed by atoms with E-state index in [1.165, 1.54) is 0 Å². The van der Waals surface area contributed by atoms with Crippen molar-refractivity contribution < 1.29 is 58.2 Å². The Morgan fingerprint density at radius 1 is 0.567 bits per heavy atom. The first-order chi connectivity index (χ1) is 13.9. The predicted octanol–water partition coefficient (Wildman–Crippen LogP) is 3.66. The van der Waals surface area contributed by atoms with Crippen LogP contribution in [-0.2, 0) is 4.74 Å². The highest BCUT2D eigenvalue weighted by Crippen LogP contribution is 2.24. The van der Waals surface area contributed by atoms with Crippen LogP contribution in [0.15, 0.2) is 0 Å². The van der Waals surface area contributed by atoms with Crippen molar-refractivity contribution in [1.29, 1.82) is 0 Å². The molecule has 0 radical (unpaired) electrons. The third kappa shape index (κ3) is 3.89. The third-order valence-corrected chi connectivity index (χ3v) is 3.47. The number of esters is 1. The van der Waals surface area contributed by atoms with Gasteiger partial charge in [0, 0.05) is 0 Å². The highest BCUT2D eigenvalue weighted by molar-refractivity contribution is 5.95. The summed E-state index contributed by atoms with van der Waals surface area (Å²) >= 11 is 0. The van der Waals surface area contributed by atoms with Crippen LogP contribution in [0, 0.1) is 58.2 Å². The van der Waals surface area contributed by atoms with Crippen molar-refractivity contribution in [2.75, 3.05) is 13.2 Å². The molecule has 30 heavy (non-hydrogen) atoms. The van der Waals surface area contributed by atoms with E-state index in [0.717, 1.165) is 0 Å². The second-order valence-corrected chi connectivity index (χ2v) is 5.28. The minimum atomic E-state index is -2.53. The average molecular weight is 449 g/mol. The fraction of sp³-hybridized carbons (Fsp3) is 0.125. The molecule has 0 saturated carbocycles. The van der Waals surface area contributed by atoms with E-state index >= 15 is 0 Å². The first-order valence-corrected chi connectivity index (χ1v) is 7.39. The minimum absolute atomic E-state index is 0.903. The van der Waals surface area contributed by atoms with Gasteiger partial charge in [-0.25, -0.2) is 48.7 Å². The molecule has 1 amide bonds. The van der Waals surface area contributed by atoms with E-state index in [2.05, 4.69) is 4.74 Å². The SMILES string of the molecule is O=C(NCCOC(=O)c1c(F)c(F)c(F)c(F)c1F)c1c(F)c(F)c(F)c(F)c1F. The Hall–Kier alpha value is -3.32. The van der Waals surface area contributed by atoms with E-state index in [1.807, 2.05) is 0 Å². The fourth-order valence-electron chi connectivity index (χ4n) is 2.06. The summed E-state index contributed by atoms with van der Waals surface area (Å²) in [5.41, 5.74) is -3.81. The van der Waals surface area contributed by atoms with Crippen molar-refractivity contribution in [2.45, 2.75) is 0 Å². The molecule has 0 saturated heterocycles. The van der Waals surface area contributed by atoms with Crippen LogP contribution >= 0.6 is 0 Å². The van der Waals surface area contributed by atoms with Gasteiger partial charge in [-0.2, -0.15) is 0 Å². The zero-order valence-electron chi connectivity index (χ0n) is 13.9. The van der Waals surface area contributed by atoms with Gasteiger partial charge in [0.2, 0.25) is 11.6 Å². The summed E-state index contributed by atoms with van der Waals surface area (Å²) in [4.78, 5) is 23.1. The predicted molar refractivity (Wildman–Crippen MR) is 75.1 cm³/mol.